The summed E-state index contributed by atoms with van der Waals surface area (Å²) >= 11 is 5.30. The Morgan fingerprint density at radius 3 is 2.46 bits per heavy atom. The van der Waals surface area contributed by atoms with Crippen LogP contribution in [0.25, 0.3) is 0 Å². The Labute approximate surface area is 90.6 Å². The summed E-state index contributed by atoms with van der Waals surface area (Å²) in [4.78, 5) is -3.15. The van der Waals surface area contributed by atoms with Crippen LogP contribution in [0.1, 0.15) is 11.1 Å². The van der Waals surface area contributed by atoms with Gasteiger partial charge in [-0.25, -0.2) is 0 Å². The third-order valence-electron chi connectivity index (χ3n) is 1.41. The predicted molar refractivity (Wildman–Crippen MR) is 51.7 cm³/mol. The van der Waals surface area contributed by atoms with Crippen molar-refractivity contribution in [2.45, 2.75) is 4.83 Å². The average Bonchev–Trinajstić information content (AvgIpc) is 2.01. The van der Waals surface area contributed by atoms with Gasteiger partial charge in [0, 0.05) is 10.0 Å². The van der Waals surface area contributed by atoms with Crippen molar-refractivity contribution in [3.05, 3.63) is 33.8 Å². The number of nitrogens with zero attached hydrogens (tertiary/aromatic N) is 1. The largest absolute Gasteiger partial charge is 0.327 e. The van der Waals surface area contributed by atoms with Crippen molar-refractivity contribution < 1.29 is 8.78 Å². The zero-order valence-electron chi connectivity index (χ0n) is 6.19. The Morgan fingerprint density at radius 1 is 1.38 bits per heavy atom. The van der Waals surface area contributed by atoms with E-state index in [1.807, 2.05) is 0 Å². The van der Waals surface area contributed by atoms with Crippen LogP contribution in [0, 0.1) is 11.3 Å². The fourth-order valence-corrected chi connectivity index (χ4v) is 1.56. The van der Waals surface area contributed by atoms with E-state index in [0.717, 1.165) is 0 Å². The van der Waals surface area contributed by atoms with E-state index in [1.165, 1.54) is 18.2 Å². The highest BCUT2D eigenvalue weighted by Crippen LogP contribution is 2.37. The Hall–Kier alpha value is -0.470. The number of alkyl halides is 3. The highest BCUT2D eigenvalue weighted by Gasteiger charge is 2.29. The molecule has 0 amide bonds. The van der Waals surface area contributed by atoms with Crippen LogP contribution in [0.15, 0.2) is 22.7 Å². The molecule has 68 valence electrons. The Kier molecular flexibility index (Phi) is 3.04. The third-order valence-corrected chi connectivity index (χ3v) is 2.33. The monoisotopic (exact) mass is 309 g/mol. The molecule has 0 aliphatic carbocycles. The van der Waals surface area contributed by atoms with E-state index in [2.05, 4.69) is 31.9 Å². The fourth-order valence-electron chi connectivity index (χ4n) is 0.856. The van der Waals surface area contributed by atoms with Crippen LogP contribution in [-0.2, 0) is 4.83 Å². The molecule has 0 saturated carbocycles. The first-order chi connectivity index (χ1) is 5.95. The average molecular weight is 311 g/mol. The normalized spacial score (nSPS) is 11.0. The van der Waals surface area contributed by atoms with Gasteiger partial charge in [0.2, 0.25) is 0 Å². The standard InChI is InChI=1S/C8H3Br2F2N/c9-6-1-2-7(8(10,11)12)5(3-6)4-13/h1-3H. The quantitative estimate of drug-likeness (QED) is 0.724. The summed E-state index contributed by atoms with van der Waals surface area (Å²) < 4.78 is 26.2. The molecule has 0 atom stereocenters. The fraction of sp³-hybridized carbons (Fsp3) is 0.125. The van der Waals surface area contributed by atoms with Gasteiger partial charge in [-0.15, -0.1) is 0 Å². The lowest BCUT2D eigenvalue weighted by Gasteiger charge is -2.09. The van der Waals surface area contributed by atoms with E-state index < -0.39 is 4.83 Å². The van der Waals surface area contributed by atoms with Gasteiger partial charge in [-0.1, -0.05) is 15.9 Å². The molecule has 0 heterocycles. The lowest BCUT2D eigenvalue weighted by atomic mass is 10.1. The second-order valence-electron chi connectivity index (χ2n) is 2.30. The molecule has 0 fully saturated rings. The third kappa shape index (κ3) is 2.48. The maximum absolute atomic E-state index is 12.8. The van der Waals surface area contributed by atoms with Gasteiger partial charge in [-0.05, 0) is 34.1 Å². The topological polar surface area (TPSA) is 23.8 Å². The SMILES string of the molecule is N#Cc1cc(Br)ccc1C(F)(F)Br. The zero-order chi connectivity index (χ0) is 10.1. The van der Waals surface area contributed by atoms with Crippen molar-refractivity contribution >= 4 is 31.9 Å². The number of rotatable bonds is 1. The molecule has 0 aliphatic rings. The maximum atomic E-state index is 12.8. The molecular weight excluding hydrogens is 308 g/mol. The van der Waals surface area contributed by atoms with Crippen LogP contribution in [-0.4, -0.2) is 0 Å². The van der Waals surface area contributed by atoms with Gasteiger partial charge in [0.05, 0.1) is 11.6 Å². The molecule has 1 rings (SSSR count). The first-order valence-corrected chi connectivity index (χ1v) is 4.80. The summed E-state index contributed by atoms with van der Waals surface area (Å²) in [6.45, 7) is 0. The second kappa shape index (κ2) is 3.72. The number of halogens is 4. The van der Waals surface area contributed by atoms with Crippen molar-refractivity contribution in [2.75, 3.05) is 0 Å². The summed E-state index contributed by atoms with van der Waals surface area (Å²) in [6, 6.07) is 5.72. The molecular formula is C8H3Br2F2N. The van der Waals surface area contributed by atoms with Gasteiger partial charge < -0.3 is 0 Å². The number of nitriles is 1. The van der Waals surface area contributed by atoms with E-state index in [4.69, 9.17) is 5.26 Å². The van der Waals surface area contributed by atoms with Crippen LogP contribution in [0.2, 0.25) is 0 Å². The smallest absolute Gasteiger partial charge is 0.192 e. The minimum atomic E-state index is -3.15. The number of benzene rings is 1. The Balaban J connectivity index is 3.32. The minimum Gasteiger partial charge on any atom is -0.192 e. The van der Waals surface area contributed by atoms with Crippen LogP contribution in [0.4, 0.5) is 8.78 Å². The summed E-state index contributed by atoms with van der Waals surface area (Å²) in [5, 5.41) is 8.58. The maximum Gasteiger partial charge on any atom is 0.327 e. The molecule has 0 spiro atoms. The van der Waals surface area contributed by atoms with E-state index in [9.17, 15) is 8.78 Å². The van der Waals surface area contributed by atoms with Crippen LogP contribution >= 0.6 is 31.9 Å². The van der Waals surface area contributed by atoms with E-state index in [1.54, 1.807) is 6.07 Å². The predicted octanol–water partition coefficient (Wildman–Crippen LogP) is 3.76. The van der Waals surface area contributed by atoms with Crippen molar-refractivity contribution in [1.82, 2.24) is 0 Å². The zero-order valence-corrected chi connectivity index (χ0v) is 9.36. The molecule has 0 aliphatic heterocycles. The van der Waals surface area contributed by atoms with Gasteiger partial charge in [0.1, 0.15) is 0 Å². The van der Waals surface area contributed by atoms with Gasteiger partial charge in [-0.2, -0.15) is 14.0 Å². The van der Waals surface area contributed by atoms with E-state index in [0.29, 0.717) is 4.47 Å². The molecule has 0 unspecified atom stereocenters. The molecule has 1 aromatic rings. The second-order valence-corrected chi connectivity index (χ2v) is 4.21. The molecule has 1 nitrogen and oxygen atoms in total. The molecule has 0 saturated heterocycles. The number of hydrogen-bond acceptors (Lipinski definition) is 1. The molecule has 0 aromatic heterocycles. The van der Waals surface area contributed by atoms with Gasteiger partial charge in [0.25, 0.3) is 0 Å². The number of hydrogen-bond donors (Lipinski definition) is 0. The van der Waals surface area contributed by atoms with Crippen molar-refractivity contribution in [1.29, 1.82) is 5.26 Å². The lowest BCUT2D eigenvalue weighted by molar-refractivity contribution is 0.114. The molecule has 1 aromatic carbocycles. The minimum absolute atomic E-state index is 0.0451. The summed E-state index contributed by atoms with van der Waals surface area (Å²) in [6.07, 6.45) is 0. The van der Waals surface area contributed by atoms with E-state index >= 15 is 0 Å². The highest BCUT2D eigenvalue weighted by molar-refractivity contribution is 9.10. The Bertz CT molecular complexity index is 365. The molecule has 0 radical (unpaired) electrons. The lowest BCUT2D eigenvalue weighted by Crippen LogP contribution is -2.05. The van der Waals surface area contributed by atoms with Crippen molar-refractivity contribution in [3.63, 3.8) is 0 Å². The summed E-state index contributed by atoms with van der Waals surface area (Å²) in [5.74, 6) is 0. The molecule has 13 heavy (non-hydrogen) atoms. The molecule has 5 heteroatoms. The van der Waals surface area contributed by atoms with Crippen LogP contribution in [0.3, 0.4) is 0 Å². The highest BCUT2D eigenvalue weighted by atomic mass is 79.9. The van der Waals surface area contributed by atoms with Gasteiger partial charge >= 0.3 is 4.83 Å². The molecule has 0 N–H and O–H groups in total. The van der Waals surface area contributed by atoms with Gasteiger partial charge in [0.15, 0.2) is 0 Å². The first-order valence-electron chi connectivity index (χ1n) is 3.22. The van der Waals surface area contributed by atoms with Crippen LogP contribution in [0.5, 0.6) is 0 Å². The Morgan fingerprint density at radius 2 is 2.00 bits per heavy atom. The van der Waals surface area contributed by atoms with Crippen molar-refractivity contribution in [2.24, 2.45) is 0 Å². The van der Waals surface area contributed by atoms with Gasteiger partial charge in [-0.3, -0.25) is 0 Å². The van der Waals surface area contributed by atoms with E-state index in [-0.39, 0.29) is 11.1 Å². The molecule has 0 bridgehead atoms. The van der Waals surface area contributed by atoms with Crippen molar-refractivity contribution in [3.8, 4) is 6.07 Å². The summed E-state index contributed by atoms with van der Waals surface area (Å²) in [7, 11) is 0. The summed E-state index contributed by atoms with van der Waals surface area (Å²) in [5.41, 5.74) is -0.366. The first kappa shape index (κ1) is 10.6. The van der Waals surface area contributed by atoms with Crippen LogP contribution < -0.4 is 0 Å².